The minimum absolute atomic E-state index is 0.0820. The van der Waals surface area contributed by atoms with Gasteiger partial charge in [0.1, 0.15) is 0 Å². The summed E-state index contributed by atoms with van der Waals surface area (Å²) in [6.45, 7) is 2.80. The molecule has 1 amide bonds. The molecule has 5 heteroatoms. The molecule has 0 radical (unpaired) electrons. The number of carbonyl (C=O) groups is 1. The number of thiophene rings is 1. The first kappa shape index (κ1) is 13.5. The van der Waals surface area contributed by atoms with Gasteiger partial charge in [-0.05, 0) is 24.8 Å². The lowest BCUT2D eigenvalue weighted by molar-refractivity contribution is -0.123. The van der Waals surface area contributed by atoms with Crippen molar-refractivity contribution >= 4 is 17.2 Å². The van der Waals surface area contributed by atoms with E-state index in [1.165, 1.54) is 4.88 Å². The molecule has 2 N–H and O–H groups in total. The van der Waals surface area contributed by atoms with Gasteiger partial charge in [-0.15, -0.1) is 11.3 Å². The Labute approximate surface area is 112 Å². The van der Waals surface area contributed by atoms with Crippen molar-refractivity contribution in [2.24, 2.45) is 0 Å². The van der Waals surface area contributed by atoms with Crippen molar-refractivity contribution in [3.63, 3.8) is 0 Å². The summed E-state index contributed by atoms with van der Waals surface area (Å²) in [6.07, 6.45) is 1.81. The number of hydrogen-bond acceptors (Lipinski definition) is 4. The van der Waals surface area contributed by atoms with E-state index in [1.54, 1.807) is 18.4 Å². The number of hydrogen-bond donors (Lipinski definition) is 2. The first-order valence-electron chi connectivity index (χ1n) is 6.28. The molecule has 1 aromatic rings. The molecule has 0 aliphatic carbocycles. The number of ether oxygens (including phenoxy) is 1. The summed E-state index contributed by atoms with van der Waals surface area (Å²) in [5.74, 6) is 0.0820. The van der Waals surface area contributed by atoms with Crippen LogP contribution in [0.5, 0.6) is 0 Å². The monoisotopic (exact) mass is 268 g/mol. The predicted molar refractivity (Wildman–Crippen MR) is 72.8 cm³/mol. The Bertz CT molecular complexity index is 380. The van der Waals surface area contributed by atoms with E-state index in [2.05, 4.69) is 22.1 Å². The van der Waals surface area contributed by atoms with E-state index in [1.807, 2.05) is 13.0 Å². The molecule has 2 heterocycles. The number of methoxy groups -OCH3 is 1. The summed E-state index contributed by atoms with van der Waals surface area (Å²) in [5.41, 5.74) is 0. The highest BCUT2D eigenvalue weighted by Crippen LogP contribution is 2.12. The molecular formula is C13H20N2O2S. The van der Waals surface area contributed by atoms with Crippen LogP contribution < -0.4 is 10.6 Å². The van der Waals surface area contributed by atoms with Crippen LogP contribution in [0.2, 0.25) is 0 Å². The van der Waals surface area contributed by atoms with Gasteiger partial charge in [0.2, 0.25) is 5.91 Å². The first-order valence-corrected chi connectivity index (χ1v) is 7.16. The van der Waals surface area contributed by atoms with Gasteiger partial charge < -0.3 is 15.4 Å². The maximum atomic E-state index is 12.0. The molecule has 4 nitrogen and oxygen atoms in total. The molecule has 1 aliphatic rings. The van der Waals surface area contributed by atoms with E-state index in [9.17, 15) is 4.79 Å². The average molecular weight is 268 g/mol. The normalized spacial score (nSPS) is 25.0. The largest absolute Gasteiger partial charge is 0.380 e. The molecule has 1 aliphatic heterocycles. The highest BCUT2D eigenvalue weighted by molar-refractivity contribution is 7.09. The molecule has 18 heavy (non-hydrogen) atoms. The van der Waals surface area contributed by atoms with Crippen LogP contribution in [-0.4, -0.2) is 37.7 Å². The van der Waals surface area contributed by atoms with Gasteiger partial charge in [-0.25, -0.2) is 0 Å². The Balaban J connectivity index is 1.77. The van der Waals surface area contributed by atoms with E-state index >= 15 is 0 Å². The number of carbonyl (C=O) groups excluding carboxylic acids is 1. The molecule has 0 spiro atoms. The molecule has 0 bridgehead atoms. The van der Waals surface area contributed by atoms with E-state index in [4.69, 9.17) is 4.74 Å². The summed E-state index contributed by atoms with van der Waals surface area (Å²) in [6, 6.07) is 4.19. The third-order valence-corrected chi connectivity index (χ3v) is 4.12. The van der Waals surface area contributed by atoms with Gasteiger partial charge in [-0.1, -0.05) is 6.07 Å². The Hall–Kier alpha value is -0.910. The molecule has 0 aromatic carbocycles. The Morgan fingerprint density at radius 2 is 2.56 bits per heavy atom. The standard InChI is InChI=1S/C13H20N2O2S/c1-9(6-11-4-3-5-18-11)15-13(16)12-7-10(17-2)8-14-12/h3-5,9-10,12,14H,6-8H2,1-2H3,(H,15,16). The molecule has 100 valence electrons. The Morgan fingerprint density at radius 1 is 1.72 bits per heavy atom. The lowest BCUT2D eigenvalue weighted by atomic mass is 10.1. The van der Waals surface area contributed by atoms with Gasteiger partial charge in [-0.2, -0.15) is 0 Å². The van der Waals surface area contributed by atoms with Crippen LogP contribution in [-0.2, 0) is 16.0 Å². The minimum atomic E-state index is -0.110. The van der Waals surface area contributed by atoms with Gasteiger partial charge >= 0.3 is 0 Å². The van der Waals surface area contributed by atoms with Gasteiger partial charge in [0, 0.05) is 31.0 Å². The van der Waals surface area contributed by atoms with Crippen molar-refractivity contribution in [2.75, 3.05) is 13.7 Å². The minimum Gasteiger partial charge on any atom is -0.380 e. The summed E-state index contributed by atoms with van der Waals surface area (Å²) in [7, 11) is 1.69. The average Bonchev–Trinajstić information content (AvgIpc) is 2.98. The zero-order valence-corrected chi connectivity index (χ0v) is 11.6. The molecular weight excluding hydrogens is 248 g/mol. The van der Waals surface area contributed by atoms with Crippen molar-refractivity contribution < 1.29 is 9.53 Å². The third-order valence-electron chi connectivity index (χ3n) is 3.22. The van der Waals surface area contributed by atoms with E-state index in [-0.39, 0.29) is 24.1 Å². The summed E-state index contributed by atoms with van der Waals surface area (Å²) >= 11 is 1.73. The number of amides is 1. The van der Waals surface area contributed by atoms with Gasteiger partial charge in [0.05, 0.1) is 12.1 Å². The second-order valence-electron chi connectivity index (χ2n) is 4.75. The molecule has 1 fully saturated rings. The van der Waals surface area contributed by atoms with Crippen LogP contribution in [0, 0.1) is 0 Å². The van der Waals surface area contributed by atoms with Crippen LogP contribution >= 0.6 is 11.3 Å². The molecule has 1 saturated heterocycles. The second kappa shape index (κ2) is 6.31. The van der Waals surface area contributed by atoms with E-state index < -0.39 is 0 Å². The van der Waals surface area contributed by atoms with Gasteiger partial charge in [-0.3, -0.25) is 4.79 Å². The summed E-state index contributed by atoms with van der Waals surface area (Å²) in [5, 5.41) is 8.30. The quantitative estimate of drug-likeness (QED) is 0.843. The molecule has 1 aromatic heterocycles. The van der Waals surface area contributed by atoms with Crippen molar-refractivity contribution in [2.45, 2.75) is 38.0 Å². The molecule has 2 rings (SSSR count). The smallest absolute Gasteiger partial charge is 0.237 e. The topological polar surface area (TPSA) is 50.4 Å². The third kappa shape index (κ3) is 3.54. The maximum absolute atomic E-state index is 12.0. The Kier molecular flexibility index (Phi) is 4.74. The fourth-order valence-electron chi connectivity index (χ4n) is 2.21. The molecule has 3 unspecified atom stereocenters. The van der Waals surface area contributed by atoms with Crippen molar-refractivity contribution in [3.05, 3.63) is 22.4 Å². The van der Waals surface area contributed by atoms with Crippen LogP contribution in [0.3, 0.4) is 0 Å². The zero-order chi connectivity index (χ0) is 13.0. The van der Waals surface area contributed by atoms with Crippen LogP contribution in [0.1, 0.15) is 18.2 Å². The lowest BCUT2D eigenvalue weighted by Crippen LogP contribution is -2.44. The fourth-order valence-corrected chi connectivity index (χ4v) is 3.04. The van der Waals surface area contributed by atoms with Crippen LogP contribution in [0.15, 0.2) is 17.5 Å². The van der Waals surface area contributed by atoms with E-state index in [0.29, 0.717) is 0 Å². The molecule has 0 saturated carbocycles. The second-order valence-corrected chi connectivity index (χ2v) is 5.78. The van der Waals surface area contributed by atoms with Crippen LogP contribution in [0.25, 0.3) is 0 Å². The highest BCUT2D eigenvalue weighted by Gasteiger charge is 2.29. The fraction of sp³-hybridized carbons (Fsp3) is 0.615. The van der Waals surface area contributed by atoms with Crippen molar-refractivity contribution in [1.82, 2.24) is 10.6 Å². The predicted octanol–water partition coefficient (Wildman–Crippen LogP) is 1.17. The SMILES string of the molecule is COC1CNC(C(=O)NC(C)Cc2cccs2)C1. The van der Waals surface area contributed by atoms with E-state index in [0.717, 1.165) is 19.4 Å². The van der Waals surface area contributed by atoms with Crippen molar-refractivity contribution in [3.8, 4) is 0 Å². The number of nitrogens with one attached hydrogen (secondary N) is 2. The van der Waals surface area contributed by atoms with Crippen molar-refractivity contribution in [1.29, 1.82) is 0 Å². The van der Waals surface area contributed by atoms with Gasteiger partial charge in [0.15, 0.2) is 0 Å². The van der Waals surface area contributed by atoms with Crippen LogP contribution in [0.4, 0.5) is 0 Å². The lowest BCUT2D eigenvalue weighted by Gasteiger charge is -2.16. The van der Waals surface area contributed by atoms with Gasteiger partial charge in [0.25, 0.3) is 0 Å². The zero-order valence-electron chi connectivity index (χ0n) is 10.8. The summed E-state index contributed by atoms with van der Waals surface area (Å²) < 4.78 is 5.24. The maximum Gasteiger partial charge on any atom is 0.237 e. The first-order chi connectivity index (χ1) is 8.69. The summed E-state index contributed by atoms with van der Waals surface area (Å²) in [4.78, 5) is 13.3. The molecule has 3 atom stereocenters. The number of rotatable bonds is 5. The Morgan fingerprint density at radius 3 is 3.17 bits per heavy atom. The highest BCUT2D eigenvalue weighted by atomic mass is 32.1.